The Morgan fingerprint density at radius 3 is 1.10 bits per heavy atom. The van der Waals surface area contributed by atoms with Crippen LogP contribution in [0.1, 0.15) is 0 Å². The van der Waals surface area contributed by atoms with Crippen LogP contribution in [0.25, 0.3) is 99.7 Å². The Balaban J connectivity index is 1.26. The minimum Gasteiger partial charge on any atom is -0.445 e. The van der Waals surface area contributed by atoms with Gasteiger partial charge in [0.15, 0.2) is 0 Å². The predicted molar refractivity (Wildman–Crippen MR) is 212 cm³/mol. The van der Waals surface area contributed by atoms with E-state index in [0.717, 1.165) is 33.4 Å². The third-order valence-corrected chi connectivity index (χ3v) is 9.99. The maximum absolute atomic E-state index is 5.64. The van der Waals surface area contributed by atoms with Gasteiger partial charge >= 0.3 is 0 Å². The molecule has 4 nitrogen and oxygen atoms in total. The minimum atomic E-state index is 0.613. The van der Waals surface area contributed by atoms with E-state index in [2.05, 4.69) is 156 Å². The first-order valence-electron chi connectivity index (χ1n) is 17.4. The number of benzene rings is 8. The van der Waals surface area contributed by atoms with Crippen molar-refractivity contribution in [2.75, 3.05) is 0 Å². The van der Waals surface area contributed by atoms with Crippen LogP contribution in [0.15, 0.2) is 191 Å². The second-order valence-corrected chi connectivity index (χ2v) is 13.0. The zero-order valence-corrected chi connectivity index (χ0v) is 28.0. The normalized spacial score (nSPS) is 11.5. The first-order valence-corrected chi connectivity index (χ1v) is 17.4. The molecule has 0 fully saturated rings. The molecule has 0 unspecified atom stereocenters. The smallest absolute Gasteiger partial charge is 0.225 e. The van der Waals surface area contributed by atoms with Crippen molar-refractivity contribution in [2.45, 2.75) is 0 Å². The Morgan fingerprint density at radius 2 is 0.673 bits per heavy atom. The molecular weight excluding hydrogens is 637 g/mol. The average Bonchev–Trinajstić information content (AvgIpc) is 3.97. The van der Waals surface area contributed by atoms with Crippen molar-refractivity contribution >= 4 is 32.3 Å². The van der Waals surface area contributed by atoms with E-state index < -0.39 is 0 Å². The van der Waals surface area contributed by atoms with Gasteiger partial charge in [-0.05, 0) is 125 Å². The minimum absolute atomic E-state index is 0.613. The van der Waals surface area contributed by atoms with Gasteiger partial charge in [0.25, 0.3) is 0 Å². The fraction of sp³-hybridized carbons (Fsp3) is 0. The highest BCUT2D eigenvalue weighted by Gasteiger charge is 2.17. The summed E-state index contributed by atoms with van der Waals surface area (Å²) in [5, 5.41) is 7.24. The Labute approximate surface area is 300 Å². The Kier molecular flexibility index (Phi) is 7.10. The Bertz CT molecular complexity index is 2680. The highest BCUT2D eigenvalue weighted by atomic mass is 16.3. The highest BCUT2D eigenvalue weighted by Crippen LogP contribution is 2.44. The van der Waals surface area contributed by atoms with Gasteiger partial charge in [0.2, 0.25) is 11.8 Å². The van der Waals surface area contributed by atoms with Crippen molar-refractivity contribution in [2.24, 2.45) is 0 Å². The molecular formula is C48H30N2O2. The lowest BCUT2D eigenvalue weighted by molar-refractivity contribution is 0.574. The summed E-state index contributed by atoms with van der Waals surface area (Å²) in [6, 6.07) is 56.7. The summed E-state index contributed by atoms with van der Waals surface area (Å²) in [6.07, 6.45) is 6.59. The number of fused-ring (bicyclic) bond motifs is 6. The average molecular weight is 667 g/mol. The Morgan fingerprint density at radius 1 is 0.288 bits per heavy atom. The van der Waals surface area contributed by atoms with E-state index in [1.54, 1.807) is 24.9 Å². The largest absolute Gasteiger partial charge is 0.445 e. The van der Waals surface area contributed by atoms with Gasteiger partial charge in [-0.25, -0.2) is 9.97 Å². The van der Waals surface area contributed by atoms with E-state index in [9.17, 15) is 0 Å². The summed E-state index contributed by atoms with van der Waals surface area (Å²) in [6.45, 7) is 0. The van der Waals surface area contributed by atoms with E-state index in [4.69, 9.17) is 8.83 Å². The molecule has 0 spiro atoms. The molecule has 0 aliphatic heterocycles. The van der Waals surface area contributed by atoms with Crippen molar-refractivity contribution in [1.82, 2.24) is 9.97 Å². The SMILES string of the molecule is c1ccc(-c2cc3c4cc(-c5cccc(-c6ncco6)c5)ccc4c4ccc(-c5cccc(-c6ncco6)c5)cc4c3cc2-c2ccccc2)cc1. The van der Waals surface area contributed by atoms with Crippen LogP contribution >= 0.6 is 0 Å². The molecule has 0 saturated carbocycles. The summed E-state index contributed by atoms with van der Waals surface area (Å²) in [4.78, 5) is 8.78. The van der Waals surface area contributed by atoms with Crippen LogP contribution in [-0.4, -0.2) is 9.97 Å². The van der Waals surface area contributed by atoms with Gasteiger partial charge in [0.05, 0.1) is 12.4 Å². The van der Waals surface area contributed by atoms with Gasteiger partial charge in [-0.15, -0.1) is 0 Å². The third kappa shape index (κ3) is 5.17. The summed E-state index contributed by atoms with van der Waals surface area (Å²) in [7, 11) is 0. The summed E-state index contributed by atoms with van der Waals surface area (Å²) in [5.74, 6) is 1.23. The fourth-order valence-corrected chi connectivity index (χ4v) is 7.52. The lowest BCUT2D eigenvalue weighted by Crippen LogP contribution is -1.91. The first kappa shape index (κ1) is 29.8. The van der Waals surface area contributed by atoms with Gasteiger partial charge < -0.3 is 8.83 Å². The molecule has 4 heteroatoms. The molecule has 0 bridgehead atoms. The van der Waals surface area contributed by atoms with E-state index >= 15 is 0 Å². The lowest BCUT2D eigenvalue weighted by Gasteiger charge is -2.18. The van der Waals surface area contributed by atoms with Crippen LogP contribution < -0.4 is 0 Å². The molecule has 2 aromatic heterocycles. The van der Waals surface area contributed by atoms with E-state index in [-0.39, 0.29) is 0 Å². The van der Waals surface area contributed by atoms with Crippen LogP contribution in [-0.2, 0) is 0 Å². The molecule has 10 rings (SSSR count). The summed E-state index contributed by atoms with van der Waals surface area (Å²) >= 11 is 0. The lowest BCUT2D eigenvalue weighted by atomic mass is 9.85. The molecule has 2 heterocycles. The van der Waals surface area contributed by atoms with Crippen LogP contribution in [0.4, 0.5) is 0 Å². The molecule has 0 amide bonds. The van der Waals surface area contributed by atoms with E-state index in [1.807, 2.05) is 12.1 Å². The number of oxazole rings is 2. The van der Waals surface area contributed by atoms with Crippen molar-refractivity contribution in [3.63, 3.8) is 0 Å². The predicted octanol–water partition coefficient (Wildman–Crippen LogP) is 13.1. The first-order chi connectivity index (χ1) is 25.8. The Hall–Kier alpha value is -7.04. The number of hydrogen-bond donors (Lipinski definition) is 0. The topological polar surface area (TPSA) is 52.1 Å². The van der Waals surface area contributed by atoms with Crippen molar-refractivity contribution in [3.8, 4) is 67.4 Å². The van der Waals surface area contributed by atoms with E-state index in [0.29, 0.717) is 11.8 Å². The third-order valence-electron chi connectivity index (χ3n) is 9.99. The molecule has 244 valence electrons. The molecule has 0 atom stereocenters. The van der Waals surface area contributed by atoms with Crippen LogP contribution in [0.5, 0.6) is 0 Å². The van der Waals surface area contributed by atoms with Crippen LogP contribution in [0.3, 0.4) is 0 Å². The van der Waals surface area contributed by atoms with Gasteiger partial charge in [-0.1, -0.05) is 109 Å². The molecule has 0 aliphatic carbocycles. The zero-order chi connectivity index (χ0) is 34.4. The molecule has 8 aromatic carbocycles. The maximum atomic E-state index is 5.64. The number of nitrogens with zero attached hydrogens (tertiary/aromatic N) is 2. The summed E-state index contributed by atoms with van der Waals surface area (Å²) in [5.41, 5.74) is 11.1. The monoisotopic (exact) mass is 666 g/mol. The van der Waals surface area contributed by atoms with Crippen molar-refractivity contribution < 1.29 is 8.83 Å². The van der Waals surface area contributed by atoms with Gasteiger partial charge in [-0.2, -0.15) is 0 Å². The molecule has 0 N–H and O–H groups in total. The quantitative estimate of drug-likeness (QED) is 0.166. The molecule has 10 aromatic rings. The highest BCUT2D eigenvalue weighted by molar-refractivity contribution is 6.27. The van der Waals surface area contributed by atoms with Crippen molar-refractivity contribution in [1.29, 1.82) is 0 Å². The van der Waals surface area contributed by atoms with Crippen LogP contribution in [0, 0.1) is 0 Å². The second kappa shape index (κ2) is 12.4. The van der Waals surface area contributed by atoms with Gasteiger partial charge in [0, 0.05) is 11.1 Å². The molecule has 0 saturated heterocycles. The molecule has 0 aliphatic rings. The zero-order valence-electron chi connectivity index (χ0n) is 28.0. The van der Waals surface area contributed by atoms with Gasteiger partial charge in [0.1, 0.15) is 12.5 Å². The fourth-order valence-electron chi connectivity index (χ4n) is 7.52. The number of rotatable bonds is 6. The molecule has 52 heavy (non-hydrogen) atoms. The molecule has 0 radical (unpaired) electrons. The van der Waals surface area contributed by atoms with Crippen molar-refractivity contribution in [3.05, 3.63) is 183 Å². The standard InChI is InChI=1S/C48H30N2O2/c1-3-9-31(10-4-1)41-29-45-43-27-35(33-13-7-15-37(25-33)47-49-21-23-51-47)17-19-39(43)40-20-18-36(34-14-8-16-38(26-34)48-50-22-24-52-48)28-44(40)46(45)30-42(41)32-11-5-2-6-12-32/h1-30H. The second-order valence-electron chi connectivity index (χ2n) is 13.0. The van der Waals surface area contributed by atoms with E-state index in [1.165, 1.54) is 54.6 Å². The maximum Gasteiger partial charge on any atom is 0.225 e. The summed E-state index contributed by atoms with van der Waals surface area (Å²) < 4.78 is 11.3. The van der Waals surface area contributed by atoms with Gasteiger partial charge in [-0.3, -0.25) is 0 Å². The van der Waals surface area contributed by atoms with Crippen LogP contribution in [0.2, 0.25) is 0 Å². The number of aromatic nitrogens is 2. The number of hydrogen-bond acceptors (Lipinski definition) is 4.